The van der Waals surface area contributed by atoms with Gasteiger partial charge < -0.3 is 10.4 Å². The predicted molar refractivity (Wildman–Crippen MR) is 123 cm³/mol. The third-order valence-electron chi connectivity index (χ3n) is 4.25. The second-order valence-corrected chi connectivity index (χ2v) is 8.06. The molecule has 2 aromatic carbocycles. The number of nitrogens with zero attached hydrogens (tertiary/aromatic N) is 1. The van der Waals surface area contributed by atoms with E-state index in [1.165, 1.54) is 0 Å². The third-order valence-corrected chi connectivity index (χ3v) is 5.24. The molecule has 0 unspecified atom stereocenters. The van der Waals surface area contributed by atoms with Crippen molar-refractivity contribution in [2.75, 3.05) is 5.32 Å². The standard InChI is InChI=1S/C23H21BrN2OS/c1-15-7-6-10-26(14-15)21(22(27)19-8-4-5-9-20(19)24)23(28)25-18-12-16(2)11-17(3)13-18/h4-14H,1-3H3,(H-,25,27,28)/p+1. The van der Waals surface area contributed by atoms with Crippen molar-refractivity contribution in [1.29, 1.82) is 0 Å². The Morgan fingerprint density at radius 3 is 2.29 bits per heavy atom. The fourth-order valence-electron chi connectivity index (χ4n) is 3.10. The van der Waals surface area contributed by atoms with Gasteiger partial charge in [-0.05, 0) is 62.2 Å². The van der Waals surface area contributed by atoms with E-state index in [0.717, 1.165) is 26.9 Å². The second kappa shape index (κ2) is 8.67. The summed E-state index contributed by atoms with van der Waals surface area (Å²) in [5.74, 6) is 0.102. The lowest BCUT2D eigenvalue weighted by Gasteiger charge is -2.12. The number of rotatable bonds is 4. The first-order chi connectivity index (χ1) is 13.3. The fraction of sp³-hybridized carbons (Fsp3) is 0.130. The highest BCUT2D eigenvalue weighted by Crippen LogP contribution is 2.26. The maximum absolute atomic E-state index is 11.2. The fourth-order valence-corrected chi connectivity index (χ4v) is 3.89. The van der Waals surface area contributed by atoms with E-state index in [0.29, 0.717) is 16.2 Å². The number of hydrogen-bond acceptors (Lipinski definition) is 2. The Morgan fingerprint density at radius 1 is 0.964 bits per heavy atom. The molecular formula is C23H22BrN2OS+. The molecule has 0 bridgehead atoms. The van der Waals surface area contributed by atoms with E-state index in [2.05, 4.69) is 27.3 Å². The number of hydrogen-bond donors (Lipinski definition) is 2. The van der Waals surface area contributed by atoms with Crippen molar-refractivity contribution in [1.82, 2.24) is 0 Å². The van der Waals surface area contributed by atoms with Crippen LogP contribution in [0.5, 0.6) is 0 Å². The molecule has 0 saturated heterocycles. The second-order valence-electron chi connectivity index (χ2n) is 6.80. The Labute approximate surface area is 179 Å². The van der Waals surface area contributed by atoms with Crippen LogP contribution in [0.4, 0.5) is 5.69 Å². The molecule has 5 heteroatoms. The van der Waals surface area contributed by atoms with Gasteiger partial charge in [0.1, 0.15) is 0 Å². The number of halogens is 1. The molecule has 2 N–H and O–H groups in total. The molecule has 0 fully saturated rings. The van der Waals surface area contributed by atoms with Gasteiger partial charge in [-0.15, -0.1) is 0 Å². The first-order valence-corrected chi connectivity index (χ1v) is 10.1. The van der Waals surface area contributed by atoms with Crippen molar-refractivity contribution in [3.63, 3.8) is 0 Å². The summed E-state index contributed by atoms with van der Waals surface area (Å²) in [6.07, 6.45) is 3.82. The van der Waals surface area contributed by atoms with Crippen LogP contribution in [0.25, 0.3) is 11.5 Å². The molecule has 28 heavy (non-hydrogen) atoms. The van der Waals surface area contributed by atoms with Gasteiger partial charge in [0, 0.05) is 27.4 Å². The first-order valence-electron chi connectivity index (χ1n) is 8.91. The van der Waals surface area contributed by atoms with Crippen molar-refractivity contribution in [3.8, 4) is 0 Å². The van der Waals surface area contributed by atoms with Crippen molar-refractivity contribution >= 4 is 50.3 Å². The Morgan fingerprint density at radius 2 is 1.64 bits per heavy atom. The number of aromatic nitrogens is 1. The van der Waals surface area contributed by atoms with Crippen molar-refractivity contribution in [3.05, 3.63) is 93.7 Å². The first kappa shape index (κ1) is 20.2. The summed E-state index contributed by atoms with van der Waals surface area (Å²) >= 11 is 9.24. The molecule has 1 aromatic heterocycles. The van der Waals surface area contributed by atoms with Crippen LogP contribution in [0.2, 0.25) is 0 Å². The Hall–Kier alpha value is -2.50. The molecule has 142 valence electrons. The zero-order valence-electron chi connectivity index (χ0n) is 16.0. The highest BCUT2D eigenvalue weighted by molar-refractivity contribution is 9.10. The number of pyridine rings is 1. The average Bonchev–Trinajstić information content (AvgIpc) is 2.61. The lowest BCUT2D eigenvalue weighted by Crippen LogP contribution is -2.38. The van der Waals surface area contributed by atoms with Crippen LogP contribution in [-0.4, -0.2) is 10.1 Å². The topological polar surface area (TPSA) is 36.1 Å². The van der Waals surface area contributed by atoms with Crippen molar-refractivity contribution in [2.45, 2.75) is 20.8 Å². The van der Waals surface area contributed by atoms with E-state index in [9.17, 15) is 5.11 Å². The maximum Gasteiger partial charge on any atom is 0.288 e. The number of anilines is 1. The van der Waals surface area contributed by atoms with Gasteiger partial charge in [-0.3, -0.25) is 0 Å². The Bertz CT molecular complexity index is 1060. The van der Waals surface area contributed by atoms with E-state index in [-0.39, 0.29) is 5.76 Å². The van der Waals surface area contributed by atoms with Crippen LogP contribution in [0.1, 0.15) is 22.3 Å². The zero-order valence-corrected chi connectivity index (χ0v) is 18.4. The largest absolute Gasteiger partial charge is 0.502 e. The van der Waals surface area contributed by atoms with Gasteiger partial charge in [0.15, 0.2) is 23.1 Å². The molecule has 0 atom stereocenters. The lowest BCUT2D eigenvalue weighted by molar-refractivity contribution is -0.576. The van der Waals surface area contributed by atoms with Gasteiger partial charge in [-0.1, -0.05) is 46.3 Å². The van der Waals surface area contributed by atoms with E-state index < -0.39 is 0 Å². The van der Waals surface area contributed by atoms with Crippen LogP contribution in [0, 0.1) is 20.8 Å². The number of aliphatic hydroxyl groups excluding tert-OH is 1. The van der Waals surface area contributed by atoms with Crippen molar-refractivity contribution in [2.24, 2.45) is 0 Å². The normalized spacial score (nSPS) is 11.7. The molecule has 3 nitrogen and oxygen atoms in total. The summed E-state index contributed by atoms with van der Waals surface area (Å²) in [5, 5.41) is 14.5. The van der Waals surface area contributed by atoms with E-state index in [1.54, 1.807) is 0 Å². The quantitative estimate of drug-likeness (QED) is 0.220. The molecule has 3 rings (SSSR count). The highest BCUT2D eigenvalue weighted by Gasteiger charge is 2.25. The molecule has 0 aliphatic heterocycles. The number of aryl methyl sites for hydroxylation is 3. The number of aliphatic hydroxyl groups is 1. The van der Waals surface area contributed by atoms with Gasteiger partial charge in [0.05, 0.1) is 0 Å². The predicted octanol–water partition coefficient (Wildman–Crippen LogP) is 5.99. The van der Waals surface area contributed by atoms with Gasteiger partial charge in [-0.2, -0.15) is 4.57 Å². The van der Waals surface area contributed by atoms with Gasteiger partial charge in [0.25, 0.3) is 5.70 Å². The monoisotopic (exact) mass is 453 g/mol. The van der Waals surface area contributed by atoms with Gasteiger partial charge in [0.2, 0.25) is 0 Å². The Balaban J connectivity index is 2.12. The molecule has 1 heterocycles. The summed E-state index contributed by atoms with van der Waals surface area (Å²) in [6.45, 7) is 6.10. The summed E-state index contributed by atoms with van der Waals surface area (Å²) in [6, 6.07) is 17.7. The van der Waals surface area contributed by atoms with E-state index >= 15 is 0 Å². The molecule has 0 spiro atoms. The van der Waals surface area contributed by atoms with Crippen LogP contribution in [0.15, 0.2) is 71.5 Å². The Kier molecular flexibility index (Phi) is 6.27. The van der Waals surface area contributed by atoms with E-state index in [1.807, 2.05) is 86.3 Å². The minimum Gasteiger partial charge on any atom is -0.502 e. The van der Waals surface area contributed by atoms with Crippen LogP contribution in [-0.2, 0) is 0 Å². The minimum absolute atomic E-state index is 0.102. The van der Waals surface area contributed by atoms with Crippen molar-refractivity contribution < 1.29 is 9.67 Å². The summed E-state index contributed by atoms with van der Waals surface area (Å²) < 4.78 is 2.65. The molecule has 0 radical (unpaired) electrons. The molecule has 0 saturated carbocycles. The van der Waals surface area contributed by atoms with Gasteiger partial charge in [-0.25, -0.2) is 0 Å². The van der Waals surface area contributed by atoms with Crippen LogP contribution in [0.3, 0.4) is 0 Å². The third kappa shape index (κ3) is 4.66. The SMILES string of the molecule is Cc1cc(C)cc(NC(=S)/C(=C(\O)c2ccccc2Br)[n+]2cccc(C)c2)c1. The summed E-state index contributed by atoms with van der Waals surface area (Å²) in [7, 11) is 0. The summed E-state index contributed by atoms with van der Waals surface area (Å²) in [4.78, 5) is 0.439. The number of benzene rings is 2. The lowest BCUT2D eigenvalue weighted by atomic mass is 10.1. The van der Waals surface area contributed by atoms with Crippen LogP contribution < -0.4 is 9.88 Å². The summed E-state index contributed by atoms with van der Waals surface area (Å²) in [5.41, 5.74) is 5.45. The smallest absolute Gasteiger partial charge is 0.288 e. The van der Waals surface area contributed by atoms with E-state index in [4.69, 9.17) is 12.2 Å². The minimum atomic E-state index is 0.102. The molecule has 0 amide bonds. The highest BCUT2D eigenvalue weighted by atomic mass is 79.9. The molecule has 0 aliphatic carbocycles. The molecular weight excluding hydrogens is 432 g/mol. The molecule has 0 aliphatic rings. The number of thiocarbonyl (C=S) groups is 1. The van der Waals surface area contributed by atoms with Crippen LogP contribution >= 0.6 is 28.1 Å². The number of nitrogens with one attached hydrogen (secondary N) is 1. The van der Waals surface area contributed by atoms with Gasteiger partial charge >= 0.3 is 0 Å². The average molecular weight is 454 g/mol. The molecule has 3 aromatic rings. The maximum atomic E-state index is 11.2. The zero-order chi connectivity index (χ0) is 20.3.